The Morgan fingerprint density at radius 3 is 1.71 bits per heavy atom. The van der Waals surface area contributed by atoms with Crippen LogP contribution in [0.3, 0.4) is 0 Å². The van der Waals surface area contributed by atoms with Crippen molar-refractivity contribution in [1.82, 2.24) is 9.13 Å². The average Bonchev–Trinajstić information content (AvgIpc) is 3.71. The summed E-state index contributed by atoms with van der Waals surface area (Å²) in [7, 11) is 3.55. The zero-order chi connectivity index (χ0) is 39.9. The van der Waals surface area contributed by atoms with Crippen molar-refractivity contribution in [2.45, 2.75) is 0 Å². The van der Waals surface area contributed by atoms with E-state index in [0.29, 0.717) is 11.2 Å². The van der Waals surface area contributed by atoms with Gasteiger partial charge in [0, 0.05) is 43.1 Å². The van der Waals surface area contributed by atoms with Crippen molar-refractivity contribution in [2.75, 3.05) is 4.90 Å². The Hall–Kier alpha value is -7.77. The second-order valence-corrected chi connectivity index (χ2v) is 14.3. The van der Waals surface area contributed by atoms with Gasteiger partial charge in [0.05, 0.1) is 33.2 Å². The highest BCUT2D eigenvalue weighted by Gasteiger charge is 2.41. The van der Waals surface area contributed by atoms with Gasteiger partial charge in [-0.05, 0) is 46.0 Å². The molecule has 0 atom stereocenters. The number of carbonyl (C=O) groups excluding carboxylic acids is 1. The number of anilines is 3. The summed E-state index contributed by atoms with van der Waals surface area (Å²) in [5.74, 6) is -0.546. The van der Waals surface area contributed by atoms with Crippen LogP contribution in [-0.4, -0.2) is 30.2 Å². The maximum Gasteiger partial charge on any atom is 0.205 e. The number of Topliss-reactive ketones (excluding diaryl/α,β-unsaturated/α-hetero) is 1. The van der Waals surface area contributed by atoms with Crippen LogP contribution in [0.15, 0.2) is 188 Å². The molecule has 6 aromatic carbocycles. The fourth-order valence-electron chi connectivity index (χ4n) is 8.17. The molecule has 0 unspecified atom stereocenters. The van der Waals surface area contributed by atoms with Gasteiger partial charge in [-0.1, -0.05) is 152 Å². The summed E-state index contributed by atoms with van der Waals surface area (Å²) in [6.07, 6.45) is 0. The van der Waals surface area contributed by atoms with Gasteiger partial charge in [-0.25, -0.2) is 0 Å². The number of rotatable bonds is 8. The zero-order valence-electron chi connectivity index (χ0n) is 31.9. The quantitative estimate of drug-likeness (QED) is 0.144. The van der Waals surface area contributed by atoms with Crippen molar-refractivity contribution in [1.29, 1.82) is 0 Å². The third kappa shape index (κ3) is 5.97. The van der Waals surface area contributed by atoms with E-state index >= 15 is 0 Å². The van der Waals surface area contributed by atoms with Gasteiger partial charge in [-0.2, -0.15) is 0 Å². The summed E-state index contributed by atoms with van der Waals surface area (Å²) >= 11 is 0. The fraction of sp³-hybridized carbons (Fsp3) is 0.0392. The average molecular weight is 758 g/mol. The Balaban J connectivity index is 1.23. The molecule has 0 spiro atoms. The molecule has 7 heteroatoms. The second kappa shape index (κ2) is 14.7. The topological polar surface area (TPSA) is 90.9 Å². The van der Waals surface area contributed by atoms with Gasteiger partial charge >= 0.3 is 0 Å². The van der Waals surface area contributed by atoms with Crippen LogP contribution >= 0.6 is 0 Å². The standard InChI is InChI=1S/C51H39N3O4/c1-52-41(45(35-23-11-5-12-24-35)39-29-16-15-27-37(39)33-19-7-3-8-20-33)31-42(55)48(52)46-50(57)47(51(46)58)49-43(56)32-44(53(49)2)54(36-25-13-6-14-26-36)40-30-18-17-28-38(40)34-21-9-4-10-22-34/h3-32,55-57H,1-2H3/b45-41+,48-46+. The minimum Gasteiger partial charge on any atom is -0.506 e. The highest BCUT2D eigenvalue weighted by molar-refractivity contribution is 6.51. The number of hydrogen-bond acceptors (Lipinski definition) is 5. The van der Waals surface area contributed by atoms with Gasteiger partial charge in [0.1, 0.15) is 23.1 Å². The molecular formula is C51H39N3O4. The van der Waals surface area contributed by atoms with Crippen molar-refractivity contribution in [2.24, 2.45) is 14.1 Å². The van der Waals surface area contributed by atoms with Crippen LogP contribution in [0.2, 0.25) is 0 Å². The first-order valence-electron chi connectivity index (χ1n) is 19.0. The third-order valence-corrected chi connectivity index (χ3v) is 10.9. The zero-order valence-corrected chi connectivity index (χ0v) is 31.9. The maximum absolute atomic E-state index is 14.4. The Bertz CT molecular complexity index is 3000. The molecule has 9 rings (SSSR count). The molecule has 0 bridgehead atoms. The van der Waals surface area contributed by atoms with E-state index in [9.17, 15) is 20.1 Å². The smallest absolute Gasteiger partial charge is 0.205 e. The van der Waals surface area contributed by atoms with E-state index in [0.717, 1.165) is 50.3 Å². The van der Waals surface area contributed by atoms with Crippen molar-refractivity contribution in [3.8, 4) is 33.8 Å². The number of carbonyl (C=O) groups is 1. The number of ketones is 1. The minimum absolute atomic E-state index is 0.0264. The summed E-state index contributed by atoms with van der Waals surface area (Å²) in [5, 5.41) is 35.9. The molecule has 0 fully saturated rings. The van der Waals surface area contributed by atoms with Crippen molar-refractivity contribution in [3.63, 3.8) is 0 Å². The number of benzene rings is 6. The van der Waals surface area contributed by atoms with Gasteiger partial charge in [0.25, 0.3) is 0 Å². The van der Waals surface area contributed by atoms with Crippen LogP contribution in [0, 0.1) is 0 Å². The number of aromatic nitrogens is 2. The minimum atomic E-state index is -0.495. The van der Waals surface area contributed by atoms with E-state index in [1.807, 2.05) is 132 Å². The molecule has 0 saturated heterocycles. The molecule has 1 aliphatic rings. The highest BCUT2D eigenvalue weighted by atomic mass is 16.3. The fourth-order valence-corrected chi connectivity index (χ4v) is 8.17. The molecule has 2 aromatic heterocycles. The van der Waals surface area contributed by atoms with Crippen molar-refractivity contribution < 1.29 is 20.1 Å². The molecule has 1 aliphatic carbocycles. The van der Waals surface area contributed by atoms with Crippen LogP contribution in [0.4, 0.5) is 17.2 Å². The van der Waals surface area contributed by atoms with Crippen molar-refractivity contribution in [3.05, 3.63) is 215 Å². The Morgan fingerprint density at radius 2 is 1.07 bits per heavy atom. The molecule has 0 radical (unpaired) electrons. The van der Waals surface area contributed by atoms with Crippen molar-refractivity contribution >= 4 is 39.7 Å². The Morgan fingerprint density at radius 1 is 0.534 bits per heavy atom. The van der Waals surface area contributed by atoms with E-state index in [1.54, 1.807) is 35.4 Å². The number of aliphatic hydroxyl groups is 1. The van der Waals surface area contributed by atoms with Gasteiger partial charge < -0.3 is 24.5 Å². The Kier molecular flexibility index (Phi) is 9.11. The summed E-state index contributed by atoms with van der Waals surface area (Å²) in [4.78, 5) is 16.4. The predicted molar refractivity (Wildman–Crippen MR) is 231 cm³/mol. The molecule has 0 amide bonds. The van der Waals surface area contributed by atoms with Gasteiger partial charge in [0.2, 0.25) is 5.78 Å². The number of aliphatic hydroxyl groups excluding tert-OH is 1. The molecule has 8 aromatic rings. The highest BCUT2D eigenvalue weighted by Crippen LogP contribution is 2.47. The van der Waals surface area contributed by atoms with E-state index in [4.69, 9.17) is 0 Å². The second-order valence-electron chi connectivity index (χ2n) is 14.3. The first kappa shape index (κ1) is 35.9. The monoisotopic (exact) mass is 757 g/mol. The lowest BCUT2D eigenvalue weighted by molar-refractivity contribution is -0.110. The number of aromatic hydroxyl groups is 2. The number of hydrogen-bond donors (Lipinski definition) is 3. The third-order valence-electron chi connectivity index (χ3n) is 10.9. The summed E-state index contributed by atoms with van der Waals surface area (Å²) in [5.41, 5.74) is 8.55. The van der Waals surface area contributed by atoms with Crippen LogP contribution in [0.5, 0.6) is 11.5 Å². The lowest BCUT2D eigenvalue weighted by Gasteiger charge is -2.29. The molecule has 58 heavy (non-hydrogen) atoms. The van der Waals surface area contributed by atoms with Crippen LogP contribution in [0.1, 0.15) is 16.8 Å². The summed E-state index contributed by atoms with van der Waals surface area (Å²) in [6, 6.07) is 59.3. The molecular weight excluding hydrogens is 719 g/mol. The van der Waals surface area contributed by atoms with Gasteiger partial charge in [-0.3, -0.25) is 9.69 Å². The molecule has 282 valence electrons. The first-order valence-corrected chi connectivity index (χ1v) is 19.0. The summed E-state index contributed by atoms with van der Waals surface area (Å²) in [6.45, 7) is 0. The van der Waals surface area contributed by atoms with E-state index in [1.165, 1.54) is 0 Å². The van der Waals surface area contributed by atoms with E-state index < -0.39 is 5.78 Å². The van der Waals surface area contributed by atoms with Gasteiger partial charge in [0.15, 0.2) is 0 Å². The molecule has 2 heterocycles. The predicted octanol–water partition coefficient (Wildman–Crippen LogP) is 9.53. The lowest BCUT2D eigenvalue weighted by Crippen LogP contribution is -2.34. The lowest BCUT2D eigenvalue weighted by atomic mass is 9.85. The Labute approximate surface area is 335 Å². The number of para-hydroxylation sites is 2. The van der Waals surface area contributed by atoms with Crippen LogP contribution in [-0.2, 0) is 18.9 Å². The maximum atomic E-state index is 14.4. The number of allylic oxidation sites excluding steroid dienone is 2. The van der Waals surface area contributed by atoms with E-state index in [-0.39, 0.29) is 39.4 Å². The summed E-state index contributed by atoms with van der Waals surface area (Å²) < 4.78 is 3.48. The van der Waals surface area contributed by atoms with Crippen LogP contribution < -0.4 is 15.6 Å². The van der Waals surface area contributed by atoms with E-state index in [2.05, 4.69) is 42.5 Å². The first-order chi connectivity index (χ1) is 28.3. The molecule has 0 saturated carbocycles. The molecule has 0 aliphatic heterocycles. The van der Waals surface area contributed by atoms with Gasteiger partial charge in [-0.15, -0.1) is 0 Å². The molecule has 7 nitrogen and oxygen atoms in total. The SMILES string of the molecule is Cn1c(N(c2ccccc2)c2ccccc2-c2ccccc2)cc(O)c1C1=C(O)/C(=c2/c(O)c/c(=C(/c3ccccc3)c3ccccc3-c3ccccc3)n2C)C1=O. The normalized spacial score (nSPS) is 14.0. The largest absolute Gasteiger partial charge is 0.506 e. The number of nitrogens with zero attached hydrogens (tertiary/aromatic N) is 3. The molecule has 3 N–H and O–H groups in total. The van der Waals surface area contributed by atoms with Crippen LogP contribution in [0.25, 0.3) is 39.0 Å².